The fraction of sp³-hybridized carbons (Fsp3) is 0.462. The Morgan fingerprint density at radius 2 is 2.19 bits per heavy atom. The number of benzene rings is 1. The number of Topliss-reactive ketones (excluding diaryl/α,β-unsaturated/α-hetero) is 1. The molecule has 0 radical (unpaired) electrons. The van der Waals surface area contributed by atoms with Crippen molar-refractivity contribution in [3.8, 4) is 0 Å². The van der Waals surface area contributed by atoms with Gasteiger partial charge >= 0.3 is 0 Å². The average Bonchev–Trinajstić information content (AvgIpc) is 2.60. The maximum absolute atomic E-state index is 11.9. The second-order valence-corrected chi connectivity index (χ2v) is 5.42. The van der Waals surface area contributed by atoms with Crippen LogP contribution >= 0.6 is 15.9 Å². The van der Waals surface area contributed by atoms with Crippen LogP contribution in [-0.4, -0.2) is 23.3 Å². The molecule has 1 aromatic rings. The smallest absolute Gasteiger partial charge is 0.155 e. The normalized spacial score (nSPS) is 22.0. The molecule has 1 aromatic carbocycles. The van der Waals surface area contributed by atoms with Crippen molar-refractivity contribution in [1.29, 1.82) is 0 Å². The van der Waals surface area contributed by atoms with Crippen LogP contribution in [0.2, 0.25) is 0 Å². The molecule has 86 valence electrons. The molecule has 0 aliphatic carbocycles. The van der Waals surface area contributed by atoms with Crippen LogP contribution in [0.15, 0.2) is 28.7 Å². The number of ketones is 1. The highest BCUT2D eigenvalue weighted by Gasteiger charge is 2.34. The van der Waals surface area contributed by atoms with E-state index in [1.54, 1.807) is 0 Å². The standard InChI is InChI=1S/C13H16BrNO/c1-9(2)15-7-6-12(16)13(15)10-4-3-5-11(14)8-10/h3-5,8-9,13H,6-7H2,1-2H3. The van der Waals surface area contributed by atoms with Gasteiger partial charge in [0.15, 0.2) is 5.78 Å². The zero-order valence-corrected chi connectivity index (χ0v) is 11.2. The number of carbonyl (C=O) groups excluding carboxylic acids is 1. The number of hydrogen-bond donors (Lipinski definition) is 0. The van der Waals surface area contributed by atoms with Crippen molar-refractivity contribution in [2.24, 2.45) is 0 Å². The highest BCUT2D eigenvalue weighted by molar-refractivity contribution is 9.10. The van der Waals surface area contributed by atoms with Gasteiger partial charge in [0, 0.05) is 23.5 Å². The van der Waals surface area contributed by atoms with E-state index < -0.39 is 0 Å². The fourth-order valence-corrected chi connectivity index (χ4v) is 2.72. The van der Waals surface area contributed by atoms with Crippen LogP contribution in [0.3, 0.4) is 0 Å². The van der Waals surface area contributed by atoms with Crippen molar-refractivity contribution in [1.82, 2.24) is 4.90 Å². The maximum Gasteiger partial charge on any atom is 0.155 e. The zero-order chi connectivity index (χ0) is 11.7. The number of hydrogen-bond acceptors (Lipinski definition) is 2. The predicted octanol–water partition coefficient (Wildman–Crippen LogP) is 3.17. The molecule has 1 aliphatic rings. The molecule has 2 nitrogen and oxygen atoms in total. The van der Waals surface area contributed by atoms with E-state index in [1.165, 1.54) is 0 Å². The lowest BCUT2D eigenvalue weighted by molar-refractivity contribution is -0.120. The summed E-state index contributed by atoms with van der Waals surface area (Å²) in [6, 6.07) is 8.43. The lowest BCUT2D eigenvalue weighted by atomic mass is 10.0. The van der Waals surface area contributed by atoms with E-state index in [-0.39, 0.29) is 6.04 Å². The number of rotatable bonds is 2. The Morgan fingerprint density at radius 1 is 1.44 bits per heavy atom. The summed E-state index contributed by atoms with van der Waals surface area (Å²) in [5.74, 6) is 0.340. The van der Waals surface area contributed by atoms with Crippen molar-refractivity contribution in [2.75, 3.05) is 6.54 Å². The van der Waals surface area contributed by atoms with E-state index >= 15 is 0 Å². The second-order valence-electron chi connectivity index (χ2n) is 4.51. The van der Waals surface area contributed by atoms with Crippen LogP contribution in [0.4, 0.5) is 0 Å². The van der Waals surface area contributed by atoms with Gasteiger partial charge in [-0.25, -0.2) is 0 Å². The summed E-state index contributed by atoms with van der Waals surface area (Å²) in [5.41, 5.74) is 1.10. The van der Waals surface area contributed by atoms with Crippen molar-refractivity contribution < 1.29 is 4.79 Å². The minimum atomic E-state index is -0.0440. The lowest BCUT2D eigenvalue weighted by Gasteiger charge is -2.27. The summed E-state index contributed by atoms with van der Waals surface area (Å²) in [6.45, 7) is 5.17. The Kier molecular flexibility index (Phi) is 3.45. The second kappa shape index (κ2) is 4.68. The van der Waals surface area contributed by atoms with Gasteiger partial charge in [0.05, 0.1) is 6.04 Å². The first-order valence-corrected chi connectivity index (χ1v) is 6.43. The molecule has 1 saturated heterocycles. The maximum atomic E-state index is 11.9. The van der Waals surface area contributed by atoms with Crippen LogP contribution in [0.1, 0.15) is 31.9 Å². The Balaban J connectivity index is 2.33. The van der Waals surface area contributed by atoms with Gasteiger partial charge in [-0.1, -0.05) is 28.1 Å². The molecule has 0 bridgehead atoms. The van der Waals surface area contributed by atoms with Crippen LogP contribution < -0.4 is 0 Å². The molecule has 0 amide bonds. The average molecular weight is 282 g/mol. The number of carbonyl (C=O) groups is 1. The van der Waals surface area contributed by atoms with E-state index in [1.807, 2.05) is 24.3 Å². The highest BCUT2D eigenvalue weighted by Crippen LogP contribution is 2.31. The minimum Gasteiger partial charge on any atom is -0.297 e. The summed E-state index contributed by atoms with van der Waals surface area (Å²) in [7, 11) is 0. The predicted molar refractivity (Wildman–Crippen MR) is 68.3 cm³/mol. The third kappa shape index (κ3) is 2.20. The van der Waals surface area contributed by atoms with Crippen molar-refractivity contribution >= 4 is 21.7 Å². The monoisotopic (exact) mass is 281 g/mol. The molecule has 1 aliphatic heterocycles. The van der Waals surface area contributed by atoms with Crippen LogP contribution in [0.25, 0.3) is 0 Å². The van der Waals surface area contributed by atoms with Crippen LogP contribution in [0, 0.1) is 0 Å². The van der Waals surface area contributed by atoms with E-state index in [4.69, 9.17) is 0 Å². The number of likely N-dealkylation sites (tertiary alicyclic amines) is 1. The molecule has 2 rings (SSSR count). The first kappa shape index (κ1) is 11.8. The van der Waals surface area contributed by atoms with Crippen LogP contribution in [-0.2, 0) is 4.79 Å². The van der Waals surface area contributed by atoms with Crippen molar-refractivity contribution in [3.63, 3.8) is 0 Å². The van der Waals surface area contributed by atoms with E-state index in [0.29, 0.717) is 18.2 Å². The SMILES string of the molecule is CC(C)N1CCC(=O)C1c1cccc(Br)c1. The molecule has 3 heteroatoms. The first-order valence-electron chi connectivity index (χ1n) is 5.63. The Morgan fingerprint density at radius 3 is 2.81 bits per heavy atom. The first-order chi connectivity index (χ1) is 7.59. The molecule has 0 spiro atoms. The Bertz CT molecular complexity index is 403. The third-order valence-electron chi connectivity index (χ3n) is 3.08. The topological polar surface area (TPSA) is 20.3 Å². The van der Waals surface area contributed by atoms with Gasteiger partial charge in [-0.05, 0) is 31.5 Å². The quantitative estimate of drug-likeness (QED) is 0.830. The summed E-state index contributed by atoms with van der Waals surface area (Å²) in [5, 5.41) is 0. The summed E-state index contributed by atoms with van der Waals surface area (Å²) in [4.78, 5) is 14.2. The molecule has 0 N–H and O–H groups in total. The molecule has 16 heavy (non-hydrogen) atoms. The van der Waals surface area contributed by atoms with Gasteiger partial charge in [-0.15, -0.1) is 0 Å². The molecule has 1 atom stereocenters. The molecule has 0 saturated carbocycles. The summed E-state index contributed by atoms with van der Waals surface area (Å²) < 4.78 is 1.04. The van der Waals surface area contributed by atoms with Gasteiger partial charge < -0.3 is 0 Å². The largest absolute Gasteiger partial charge is 0.297 e. The van der Waals surface area contributed by atoms with E-state index in [9.17, 15) is 4.79 Å². The van der Waals surface area contributed by atoms with Crippen molar-refractivity contribution in [3.05, 3.63) is 34.3 Å². The lowest BCUT2D eigenvalue weighted by Crippen LogP contribution is -2.31. The molecule has 1 fully saturated rings. The highest BCUT2D eigenvalue weighted by atomic mass is 79.9. The van der Waals surface area contributed by atoms with E-state index in [2.05, 4.69) is 34.7 Å². The molecular formula is C13H16BrNO. The van der Waals surface area contributed by atoms with Gasteiger partial charge in [0.1, 0.15) is 0 Å². The molecule has 1 heterocycles. The Labute approximate surface area is 105 Å². The number of nitrogens with zero attached hydrogens (tertiary/aromatic N) is 1. The fourth-order valence-electron chi connectivity index (χ4n) is 2.30. The third-order valence-corrected chi connectivity index (χ3v) is 3.57. The van der Waals surface area contributed by atoms with Crippen LogP contribution in [0.5, 0.6) is 0 Å². The van der Waals surface area contributed by atoms with Gasteiger partial charge in [0.2, 0.25) is 0 Å². The van der Waals surface area contributed by atoms with Gasteiger partial charge in [-0.3, -0.25) is 9.69 Å². The summed E-state index contributed by atoms with van der Waals surface area (Å²) in [6.07, 6.45) is 0.676. The zero-order valence-electron chi connectivity index (χ0n) is 9.61. The van der Waals surface area contributed by atoms with Gasteiger partial charge in [0.25, 0.3) is 0 Å². The van der Waals surface area contributed by atoms with Crippen molar-refractivity contribution in [2.45, 2.75) is 32.4 Å². The van der Waals surface area contributed by atoms with Gasteiger partial charge in [-0.2, -0.15) is 0 Å². The summed E-state index contributed by atoms with van der Waals surface area (Å²) >= 11 is 3.46. The minimum absolute atomic E-state index is 0.0440. The Hall–Kier alpha value is -0.670. The molecule has 0 aromatic heterocycles. The molecule has 1 unspecified atom stereocenters. The van der Waals surface area contributed by atoms with E-state index in [0.717, 1.165) is 16.6 Å². The number of halogens is 1. The molecular weight excluding hydrogens is 266 g/mol.